The molecule has 4 heterocycles. The number of anilines is 1. The molecule has 6 nitrogen and oxygen atoms in total. The number of nitrogens with one attached hydrogen (secondary N) is 1. The molecule has 3 aliphatic rings. The number of fused-ring (bicyclic) bond motifs is 1. The van der Waals surface area contributed by atoms with Gasteiger partial charge in [-0.3, -0.25) is 4.79 Å². The summed E-state index contributed by atoms with van der Waals surface area (Å²) in [7, 11) is 0. The van der Waals surface area contributed by atoms with E-state index in [1.165, 1.54) is 38.5 Å². The molecular weight excluding hydrogens is 326 g/mol. The van der Waals surface area contributed by atoms with Gasteiger partial charge in [0.25, 0.3) is 0 Å². The number of amides is 1. The van der Waals surface area contributed by atoms with Crippen LogP contribution in [-0.2, 0) is 4.79 Å². The highest BCUT2D eigenvalue weighted by Gasteiger charge is 2.44. The molecule has 1 saturated carbocycles. The molecule has 3 fully saturated rings. The first-order valence-electron chi connectivity index (χ1n) is 10.1. The number of hydrogen-bond donors (Lipinski definition) is 1. The summed E-state index contributed by atoms with van der Waals surface area (Å²) in [6, 6.07) is 2.56. The molecule has 0 unspecified atom stereocenters. The van der Waals surface area contributed by atoms with Crippen molar-refractivity contribution in [3.8, 4) is 0 Å². The molecule has 2 aromatic rings. The Hall–Kier alpha value is -2.11. The van der Waals surface area contributed by atoms with E-state index in [1.807, 2.05) is 6.20 Å². The standard InChI is InChI=1S/C20H27N5O/c26-17-6-9-20(13-25(17)15-4-1-2-5-15)8-3-11-24(12-20)19-16-7-10-21-18(16)22-14-23-19/h7,10,14-15H,1-6,8-9,11-13H2,(H,21,22,23)/t20-/m0/s1. The largest absolute Gasteiger partial charge is 0.355 e. The Kier molecular flexibility index (Phi) is 3.87. The first-order valence-corrected chi connectivity index (χ1v) is 10.1. The summed E-state index contributed by atoms with van der Waals surface area (Å²) < 4.78 is 0. The van der Waals surface area contributed by atoms with Crippen molar-refractivity contribution in [1.29, 1.82) is 0 Å². The van der Waals surface area contributed by atoms with E-state index in [9.17, 15) is 4.79 Å². The summed E-state index contributed by atoms with van der Waals surface area (Å²) in [5.41, 5.74) is 1.13. The quantitative estimate of drug-likeness (QED) is 0.901. The Morgan fingerprint density at radius 2 is 2.00 bits per heavy atom. The number of aromatic nitrogens is 3. The number of aromatic amines is 1. The number of carbonyl (C=O) groups excluding carboxylic acids is 1. The Balaban J connectivity index is 1.41. The molecule has 1 aliphatic carbocycles. The molecule has 0 aromatic carbocycles. The fourth-order valence-electron chi connectivity index (χ4n) is 5.43. The first kappa shape index (κ1) is 16.1. The van der Waals surface area contributed by atoms with Crippen LogP contribution in [0.2, 0.25) is 0 Å². The van der Waals surface area contributed by atoms with Gasteiger partial charge in [-0.1, -0.05) is 12.8 Å². The molecule has 2 saturated heterocycles. The molecule has 5 rings (SSSR count). The monoisotopic (exact) mass is 353 g/mol. The van der Waals surface area contributed by atoms with Gasteiger partial charge in [-0.2, -0.15) is 0 Å². The van der Waals surface area contributed by atoms with Crippen molar-refractivity contribution in [2.75, 3.05) is 24.5 Å². The van der Waals surface area contributed by atoms with Gasteiger partial charge in [0, 0.05) is 43.7 Å². The van der Waals surface area contributed by atoms with Gasteiger partial charge in [0.05, 0.1) is 5.39 Å². The lowest BCUT2D eigenvalue weighted by Crippen LogP contribution is -2.56. The minimum atomic E-state index is 0.225. The van der Waals surface area contributed by atoms with Crippen LogP contribution in [0.25, 0.3) is 11.0 Å². The lowest BCUT2D eigenvalue weighted by Gasteiger charge is -2.50. The van der Waals surface area contributed by atoms with E-state index in [1.54, 1.807) is 6.33 Å². The van der Waals surface area contributed by atoms with Crippen LogP contribution < -0.4 is 4.90 Å². The maximum absolute atomic E-state index is 12.6. The van der Waals surface area contributed by atoms with E-state index in [-0.39, 0.29) is 5.41 Å². The lowest BCUT2D eigenvalue weighted by molar-refractivity contribution is -0.140. The number of likely N-dealkylation sites (tertiary alicyclic amines) is 1. The van der Waals surface area contributed by atoms with Crippen molar-refractivity contribution in [2.24, 2.45) is 5.41 Å². The van der Waals surface area contributed by atoms with E-state index in [0.717, 1.165) is 42.9 Å². The summed E-state index contributed by atoms with van der Waals surface area (Å²) >= 11 is 0. The maximum Gasteiger partial charge on any atom is 0.222 e. The maximum atomic E-state index is 12.6. The Morgan fingerprint density at radius 3 is 2.88 bits per heavy atom. The molecule has 1 spiro atoms. The molecule has 2 aliphatic heterocycles. The summed E-state index contributed by atoms with van der Waals surface area (Å²) in [4.78, 5) is 29.4. The lowest BCUT2D eigenvalue weighted by atomic mass is 9.73. The summed E-state index contributed by atoms with van der Waals surface area (Å²) in [5.74, 6) is 1.43. The third-order valence-corrected chi connectivity index (χ3v) is 6.75. The number of rotatable bonds is 2. The smallest absolute Gasteiger partial charge is 0.222 e. The second-order valence-electron chi connectivity index (χ2n) is 8.42. The molecule has 138 valence electrons. The molecule has 0 radical (unpaired) electrons. The molecule has 0 bridgehead atoms. The van der Waals surface area contributed by atoms with Crippen molar-refractivity contribution >= 4 is 22.8 Å². The SMILES string of the molecule is O=C1CC[C@]2(CCCN(c3ncnc4[nH]ccc34)C2)CN1C1CCCC1. The van der Waals surface area contributed by atoms with Crippen molar-refractivity contribution in [1.82, 2.24) is 19.9 Å². The third-order valence-electron chi connectivity index (χ3n) is 6.75. The van der Waals surface area contributed by atoms with E-state index >= 15 is 0 Å². The van der Waals surface area contributed by atoms with Crippen LogP contribution >= 0.6 is 0 Å². The number of H-pyrrole nitrogens is 1. The molecular formula is C20H27N5O. The molecule has 26 heavy (non-hydrogen) atoms. The zero-order valence-corrected chi connectivity index (χ0v) is 15.3. The van der Waals surface area contributed by atoms with Gasteiger partial charge < -0.3 is 14.8 Å². The Bertz CT molecular complexity index is 811. The third kappa shape index (κ3) is 2.66. The highest BCUT2D eigenvalue weighted by Crippen LogP contribution is 2.42. The van der Waals surface area contributed by atoms with Crippen LogP contribution in [0.1, 0.15) is 51.4 Å². The fraction of sp³-hybridized carbons (Fsp3) is 0.650. The first-order chi connectivity index (χ1) is 12.7. The van der Waals surface area contributed by atoms with E-state index in [2.05, 4.69) is 30.8 Å². The number of carbonyl (C=O) groups is 1. The van der Waals surface area contributed by atoms with E-state index < -0.39 is 0 Å². The van der Waals surface area contributed by atoms with Crippen LogP contribution in [0.15, 0.2) is 18.6 Å². The summed E-state index contributed by atoms with van der Waals surface area (Å²) in [5, 5.41) is 1.10. The predicted molar refractivity (Wildman–Crippen MR) is 101 cm³/mol. The van der Waals surface area contributed by atoms with Crippen LogP contribution in [0.5, 0.6) is 0 Å². The zero-order chi connectivity index (χ0) is 17.6. The van der Waals surface area contributed by atoms with E-state index in [0.29, 0.717) is 18.4 Å². The van der Waals surface area contributed by atoms with Gasteiger partial charge in [-0.25, -0.2) is 9.97 Å². The molecule has 1 atom stereocenters. The Labute approximate surface area is 154 Å². The minimum Gasteiger partial charge on any atom is -0.355 e. The summed E-state index contributed by atoms with van der Waals surface area (Å²) in [6.45, 7) is 2.98. The van der Waals surface area contributed by atoms with Gasteiger partial charge in [0.15, 0.2) is 0 Å². The van der Waals surface area contributed by atoms with Gasteiger partial charge in [0.2, 0.25) is 5.91 Å². The fourth-order valence-corrected chi connectivity index (χ4v) is 5.43. The molecule has 1 N–H and O–H groups in total. The van der Waals surface area contributed by atoms with Crippen LogP contribution in [0.3, 0.4) is 0 Å². The van der Waals surface area contributed by atoms with Crippen molar-refractivity contribution < 1.29 is 4.79 Å². The number of nitrogens with zero attached hydrogens (tertiary/aromatic N) is 4. The number of hydrogen-bond acceptors (Lipinski definition) is 4. The molecule has 2 aromatic heterocycles. The second kappa shape index (κ2) is 6.25. The van der Waals surface area contributed by atoms with Crippen LogP contribution in [-0.4, -0.2) is 51.4 Å². The molecule has 1 amide bonds. The average molecular weight is 353 g/mol. The average Bonchev–Trinajstić information content (AvgIpc) is 3.35. The normalized spacial score (nSPS) is 27.8. The predicted octanol–water partition coefficient (Wildman–Crippen LogP) is 3.11. The van der Waals surface area contributed by atoms with Gasteiger partial charge in [0.1, 0.15) is 17.8 Å². The highest BCUT2D eigenvalue weighted by molar-refractivity contribution is 5.87. The minimum absolute atomic E-state index is 0.225. The van der Waals surface area contributed by atoms with Gasteiger partial charge in [-0.15, -0.1) is 0 Å². The molecule has 6 heteroatoms. The van der Waals surface area contributed by atoms with Crippen LogP contribution in [0, 0.1) is 5.41 Å². The van der Waals surface area contributed by atoms with E-state index in [4.69, 9.17) is 0 Å². The highest BCUT2D eigenvalue weighted by atomic mass is 16.2. The van der Waals surface area contributed by atoms with Gasteiger partial charge in [-0.05, 0) is 38.2 Å². The van der Waals surface area contributed by atoms with Crippen molar-refractivity contribution in [2.45, 2.75) is 57.4 Å². The second-order valence-corrected chi connectivity index (χ2v) is 8.42. The Morgan fingerprint density at radius 1 is 1.12 bits per heavy atom. The van der Waals surface area contributed by atoms with Gasteiger partial charge >= 0.3 is 0 Å². The van der Waals surface area contributed by atoms with Crippen LogP contribution in [0.4, 0.5) is 5.82 Å². The number of piperidine rings is 2. The van der Waals surface area contributed by atoms with Crippen molar-refractivity contribution in [3.05, 3.63) is 18.6 Å². The van der Waals surface area contributed by atoms with Crippen molar-refractivity contribution in [3.63, 3.8) is 0 Å². The summed E-state index contributed by atoms with van der Waals surface area (Å²) in [6.07, 6.45) is 12.7. The zero-order valence-electron chi connectivity index (χ0n) is 15.3. The topological polar surface area (TPSA) is 65.1 Å².